The Labute approximate surface area is 81.5 Å². The molecule has 2 atom stereocenters. The predicted octanol–water partition coefficient (Wildman–Crippen LogP) is 3.47. The molecule has 0 aromatic heterocycles. The topological polar surface area (TPSA) is 12.5 Å². The zero-order chi connectivity index (χ0) is 9.52. The number of ether oxygens (including phenoxy) is 1. The lowest BCUT2D eigenvalue weighted by Crippen LogP contribution is -1.88. The van der Waals surface area contributed by atoms with Crippen LogP contribution in [0.1, 0.15) is 39.0 Å². The van der Waals surface area contributed by atoms with Crippen LogP contribution in [0.3, 0.4) is 0 Å². The molecule has 74 valence electrons. The summed E-state index contributed by atoms with van der Waals surface area (Å²) in [5, 5.41) is 0. The highest BCUT2D eigenvalue weighted by atomic mass is 16.6. The Morgan fingerprint density at radius 3 is 2.92 bits per heavy atom. The van der Waals surface area contributed by atoms with E-state index in [0.29, 0.717) is 12.2 Å². The molecule has 0 saturated carbocycles. The normalized spacial score (nSPS) is 26.5. The van der Waals surface area contributed by atoms with Gasteiger partial charge in [0.25, 0.3) is 0 Å². The summed E-state index contributed by atoms with van der Waals surface area (Å²) in [6.45, 7) is 5.92. The summed E-state index contributed by atoms with van der Waals surface area (Å²) >= 11 is 0. The molecule has 0 radical (unpaired) electrons. The van der Waals surface area contributed by atoms with Crippen LogP contribution in [0.15, 0.2) is 24.8 Å². The van der Waals surface area contributed by atoms with Crippen LogP contribution >= 0.6 is 0 Å². The van der Waals surface area contributed by atoms with E-state index in [9.17, 15) is 0 Å². The minimum absolute atomic E-state index is 0.414. The molecule has 1 saturated heterocycles. The van der Waals surface area contributed by atoms with Crippen LogP contribution in [0.5, 0.6) is 0 Å². The summed E-state index contributed by atoms with van der Waals surface area (Å²) in [7, 11) is 0. The molecule has 0 aromatic rings. The van der Waals surface area contributed by atoms with Crippen LogP contribution in [0.2, 0.25) is 0 Å². The minimum Gasteiger partial charge on any atom is -0.365 e. The zero-order valence-corrected chi connectivity index (χ0v) is 8.54. The number of hydrogen-bond acceptors (Lipinski definition) is 1. The average Bonchev–Trinajstić information content (AvgIpc) is 2.88. The zero-order valence-electron chi connectivity index (χ0n) is 8.54. The van der Waals surface area contributed by atoms with E-state index in [-0.39, 0.29) is 0 Å². The van der Waals surface area contributed by atoms with Gasteiger partial charge in [0, 0.05) is 0 Å². The highest BCUT2D eigenvalue weighted by Crippen LogP contribution is 2.27. The SMILES string of the molecule is C=CCC[C@H]1O[C@H]1/C=C/CCCC. The van der Waals surface area contributed by atoms with Crippen LogP contribution in [-0.2, 0) is 4.74 Å². The standard InChI is InChI=1S/C12H20O/c1-3-5-7-8-10-12-11(13-12)9-6-4-2/h4,8,10-12H,2-3,5-7,9H2,1H3/b10-8+/t11-,12+/m1/s1. The first-order valence-electron chi connectivity index (χ1n) is 5.31. The van der Waals surface area contributed by atoms with E-state index in [1.807, 2.05) is 6.08 Å². The molecule has 1 fully saturated rings. The van der Waals surface area contributed by atoms with Crippen LogP contribution in [0.25, 0.3) is 0 Å². The molecule has 13 heavy (non-hydrogen) atoms. The third-order valence-corrected chi connectivity index (χ3v) is 2.33. The van der Waals surface area contributed by atoms with Gasteiger partial charge >= 0.3 is 0 Å². The number of hydrogen-bond donors (Lipinski definition) is 0. The van der Waals surface area contributed by atoms with Gasteiger partial charge in [0.15, 0.2) is 0 Å². The van der Waals surface area contributed by atoms with Crippen LogP contribution in [0.4, 0.5) is 0 Å². The molecule has 0 aromatic carbocycles. The largest absolute Gasteiger partial charge is 0.365 e. The van der Waals surface area contributed by atoms with Crippen molar-refractivity contribution in [1.82, 2.24) is 0 Å². The van der Waals surface area contributed by atoms with Gasteiger partial charge in [0.1, 0.15) is 6.10 Å². The van der Waals surface area contributed by atoms with E-state index in [1.54, 1.807) is 0 Å². The van der Waals surface area contributed by atoms with Crippen LogP contribution < -0.4 is 0 Å². The number of unbranched alkanes of at least 4 members (excludes halogenated alkanes) is 2. The second kappa shape index (κ2) is 5.98. The Morgan fingerprint density at radius 2 is 2.23 bits per heavy atom. The second-order valence-electron chi connectivity index (χ2n) is 3.58. The lowest BCUT2D eigenvalue weighted by atomic mass is 10.1. The fourth-order valence-corrected chi connectivity index (χ4v) is 1.39. The Hall–Kier alpha value is -0.560. The van der Waals surface area contributed by atoms with Crippen molar-refractivity contribution >= 4 is 0 Å². The third kappa shape index (κ3) is 4.28. The fourth-order valence-electron chi connectivity index (χ4n) is 1.39. The molecule has 0 N–H and O–H groups in total. The number of rotatable bonds is 7. The Morgan fingerprint density at radius 1 is 1.38 bits per heavy atom. The Kier molecular flexibility index (Phi) is 4.84. The van der Waals surface area contributed by atoms with Gasteiger partial charge < -0.3 is 4.74 Å². The first kappa shape index (κ1) is 10.5. The van der Waals surface area contributed by atoms with Gasteiger partial charge in [-0.15, -0.1) is 6.58 Å². The van der Waals surface area contributed by atoms with Crippen molar-refractivity contribution in [1.29, 1.82) is 0 Å². The summed E-state index contributed by atoms with van der Waals surface area (Å²) in [4.78, 5) is 0. The summed E-state index contributed by atoms with van der Waals surface area (Å²) in [5.41, 5.74) is 0. The highest BCUT2D eigenvalue weighted by molar-refractivity contribution is 5.02. The maximum atomic E-state index is 5.46. The monoisotopic (exact) mass is 180 g/mol. The van der Waals surface area contributed by atoms with Crippen molar-refractivity contribution in [3.05, 3.63) is 24.8 Å². The second-order valence-corrected chi connectivity index (χ2v) is 3.58. The van der Waals surface area contributed by atoms with E-state index in [2.05, 4.69) is 25.7 Å². The molecule has 0 spiro atoms. The first-order chi connectivity index (χ1) is 6.38. The maximum Gasteiger partial charge on any atom is 0.102 e. The maximum absolute atomic E-state index is 5.46. The van der Waals surface area contributed by atoms with Gasteiger partial charge in [-0.3, -0.25) is 0 Å². The van der Waals surface area contributed by atoms with Gasteiger partial charge in [-0.05, 0) is 19.3 Å². The van der Waals surface area contributed by atoms with E-state index in [1.165, 1.54) is 19.3 Å². The van der Waals surface area contributed by atoms with Crippen molar-refractivity contribution in [2.75, 3.05) is 0 Å². The van der Waals surface area contributed by atoms with Crippen molar-refractivity contribution in [3.8, 4) is 0 Å². The lowest BCUT2D eigenvalue weighted by Gasteiger charge is -1.88. The molecular formula is C12H20O. The van der Waals surface area contributed by atoms with Crippen LogP contribution in [0, 0.1) is 0 Å². The molecule has 1 nitrogen and oxygen atoms in total. The van der Waals surface area contributed by atoms with Crippen LogP contribution in [-0.4, -0.2) is 12.2 Å². The summed E-state index contributed by atoms with van der Waals surface area (Å²) in [5.74, 6) is 0. The van der Waals surface area contributed by atoms with Gasteiger partial charge in [-0.1, -0.05) is 38.0 Å². The molecule has 1 rings (SSSR count). The van der Waals surface area contributed by atoms with Crippen molar-refractivity contribution in [3.63, 3.8) is 0 Å². The fraction of sp³-hybridized carbons (Fsp3) is 0.667. The molecule has 1 heterocycles. The summed E-state index contributed by atoms with van der Waals surface area (Å²) in [6, 6.07) is 0. The summed E-state index contributed by atoms with van der Waals surface area (Å²) < 4.78 is 5.46. The van der Waals surface area contributed by atoms with E-state index >= 15 is 0 Å². The van der Waals surface area contributed by atoms with Gasteiger partial charge in [0.2, 0.25) is 0 Å². The van der Waals surface area contributed by atoms with E-state index < -0.39 is 0 Å². The molecule has 0 bridgehead atoms. The van der Waals surface area contributed by atoms with E-state index in [0.717, 1.165) is 12.8 Å². The van der Waals surface area contributed by atoms with Crippen molar-refractivity contribution in [2.24, 2.45) is 0 Å². The van der Waals surface area contributed by atoms with Crippen molar-refractivity contribution in [2.45, 2.75) is 51.2 Å². The predicted molar refractivity (Wildman–Crippen MR) is 56.8 cm³/mol. The average molecular weight is 180 g/mol. The third-order valence-electron chi connectivity index (χ3n) is 2.33. The molecule has 1 heteroatoms. The van der Waals surface area contributed by atoms with Gasteiger partial charge in [0.05, 0.1) is 6.10 Å². The van der Waals surface area contributed by atoms with Crippen molar-refractivity contribution < 1.29 is 4.74 Å². The van der Waals surface area contributed by atoms with Gasteiger partial charge in [-0.25, -0.2) is 0 Å². The quantitative estimate of drug-likeness (QED) is 0.332. The lowest BCUT2D eigenvalue weighted by molar-refractivity contribution is 0.380. The number of allylic oxidation sites excluding steroid dienone is 2. The summed E-state index contributed by atoms with van der Waals surface area (Å²) in [6.07, 6.45) is 13.3. The van der Waals surface area contributed by atoms with Gasteiger partial charge in [-0.2, -0.15) is 0 Å². The molecule has 1 aliphatic heterocycles. The van der Waals surface area contributed by atoms with E-state index in [4.69, 9.17) is 4.74 Å². The Balaban J connectivity index is 1.99. The molecular weight excluding hydrogens is 160 g/mol. The first-order valence-corrected chi connectivity index (χ1v) is 5.31. The smallest absolute Gasteiger partial charge is 0.102 e. The molecule has 0 unspecified atom stereocenters. The molecule has 1 aliphatic rings. The highest BCUT2D eigenvalue weighted by Gasteiger charge is 2.34. The minimum atomic E-state index is 0.414. The molecule has 0 aliphatic carbocycles. The molecule has 0 amide bonds. The number of epoxide rings is 1. The Bertz CT molecular complexity index is 172.